The number of esters is 1. The van der Waals surface area contributed by atoms with Crippen LogP contribution in [0.5, 0.6) is 5.75 Å². The summed E-state index contributed by atoms with van der Waals surface area (Å²) in [7, 11) is 1.39. The smallest absolute Gasteiger partial charge is 0.350 e. The zero-order valence-electron chi connectivity index (χ0n) is 25.1. The molecule has 1 saturated carbocycles. The number of aryl methyl sites for hydroxylation is 2. The Morgan fingerprint density at radius 1 is 1.00 bits per heavy atom. The molecule has 7 heteroatoms. The van der Waals surface area contributed by atoms with Crippen LogP contribution in [0, 0.1) is 11.3 Å². The number of nitrogens with zero attached hydrogens (tertiary/aromatic N) is 3. The SMILES string of the molecule is CCCc1nc(CC)n(-c2ccc(OC3(C(=O)OC)CCCC3)cc2)c(=O)c1Cc1ccc(-c2ccccc2C#N)cc1. The standard InChI is InChI=1S/C36H37N3O4/c1-4-10-32-31(23-25-13-15-26(16-14-25)30-12-7-6-11-27(30)24-37)34(40)39(33(5-2)38-32)28-17-19-29(20-18-28)43-36(35(41)42-3)21-8-9-22-36/h6-7,11-20H,4-5,8-10,21-23H2,1-3H3. The minimum atomic E-state index is -0.954. The molecular formula is C36H37N3O4. The van der Waals surface area contributed by atoms with Gasteiger partial charge in [-0.3, -0.25) is 9.36 Å². The van der Waals surface area contributed by atoms with Crippen LogP contribution in [0.25, 0.3) is 16.8 Å². The second-order valence-corrected chi connectivity index (χ2v) is 11.0. The van der Waals surface area contributed by atoms with Gasteiger partial charge in [-0.1, -0.05) is 62.7 Å². The van der Waals surface area contributed by atoms with Crippen LogP contribution in [0.4, 0.5) is 0 Å². The average Bonchev–Trinajstić information content (AvgIpc) is 3.52. The van der Waals surface area contributed by atoms with E-state index in [0.29, 0.717) is 60.5 Å². The highest BCUT2D eigenvalue weighted by Crippen LogP contribution is 2.36. The lowest BCUT2D eigenvalue weighted by molar-refractivity contribution is -0.158. The van der Waals surface area contributed by atoms with Gasteiger partial charge >= 0.3 is 5.97 Å². The van der Waals surface area contributed by atoms with Crippen LogP contribution < -0.4 is 10.3 Å². The van der Waals surface area contributed by atoms with E-state index in [1.165, 1.54) is 7.11 Å². The van der Waals surface area contributed by atoms with Gasteiger partial charge in [0.05, 0.1) is 30.1 Å². The van der Waals surface area contributed by atoms with E-state index in [9.17, 15) is 14.9 Å². The van der Waals surface area contributed by atoms with Gasteiger partial charge in [0.15, 0.2) is 0 Å². The summed E-state index contributed by atoms with van der Waals surface area (Å²) in [4.78, 5) is 31.7. The molecule has 0 radical (unpaired) electrons. The van der Waals surface area contributed by atoms with E-state index in [1.54, 1.807) is 4.57 Å². The molecule has 1 heterocycles. The highest BCUT2D eigenvalue weighted by Gasteiger charge is 2.44. The molecule has 7 nitrogen and oxygen atoms in total. The monoisotopic (exact) mass is 575 g/mol. The molecule has 0 bridgehead atoms. The Morgan fingerprint density at radius 3 is 2.33 bits per heavy atom. The van der Waals surface area contributed by atoms with Crippen LogP contribution in [-0.2, 0) is 28.8 Å². The normalized spacial score (nSPS) is 13.8. The third-order valence-corrected chi connectivity index (χ3v) is 8.20. The number of rotatable bonds is 10. The van der Waals surface area contributed by atoms with Crippen molar-refractivity contribution < 1.29 is 14.3 Å². The number of carbonyl (C=O) groups excluding carboxylic acids is 1. The van der Waals surface area contributed by atoms with Crippen molar-refractivity contribution in [2.45, 2.75) is 70.8 Å². The van der Waals surface area contributed by atoms with Gasteiger partial charge in [-0.2, -0.15) is 5.26 Å². The Morgan fingerprint density at radius 2 is 1.70 bits per heavy atom. The second kappa shape index (κ2) is 13.1. The van der Waals surface area contributed by atoms with E-state index in [0.717, 1.165) is 41.6 Å². The van der Waals surface area contributed by atoms with Gasteiger partial charge in [0.1, 0.15) is 11.6 Å². The molecular weight excluding hydrogens is 538 g/mol. The van der Waals surface area contributed by atoms with Crippen LogP contribution in [0.2, 0.25) is 0 Å². The van der Waals surface area contributed by atoms with Crippen LogP contribution in [0.15, 0.2) is 77.6 Å². The molecule has 1 aromatic heterocycles. The van der Waals surface area contributed by atoms with Crippen molar-refractivity contribution >= 4 is 5.97 Å². The van der Waals surface area contributed by atoms with Crippen molar-refractivity contribution in [3.8, 4) is 28.6 Å². The first kappa shape index (κ1) is 29.8. The maximum Gasteiger partial charge on any atom is 0.350 e. The number of hydrogen-bond acceptors (Lipinski definition) is 6. The predicted molar refractivity (Wildman–Crippen MR) is 166 cm³/mol. The highest BCUT2D eigenvalue weighted by atomic mass is 16.6. The van der Waals surface area contributed by atoms with Crippen molar-refractivity contribution in [3.63, 3.8) is 0 Å². The number of ether oxygens (including phenoxy) is 2. The predicted octanol–water partition coefficient (Wildman–Crippen LogP) is 6.74. The van der Waals surface area contributed by atoms with Crippen LogP contribution in [0.3, 0.4) is 0 Å². The number of carbonyl (C=O) groups is 1. The largest absolute Gasteiger partial charge is 0.476 e. The molecule has 4 aromatic rings. The Bertz CT molecular complexity index is 1690. The van der Waals surface area contributed by atoms with E-state index in [4.69, 9.17) is 14.5 Å². The van der Waals surface area contributed by atoms with Gasteiger partial charge in [-0.15, -0.1) is 0 Å². The fourth-order valence-electron chi connectivity index (χ4n) is 5.98. The summed E-state index contributed by atoms with van der Waals surface area (Å²) in [6.07, 6.45) is 5.72. The Kier molecular flexibility index (Phi) is 9.06. The highest BCUT2D eigenvalue weighted by molar-refractivity contribution is 5.80. The van der Waals surface area contributed by atoms with Gasteiger partial charge in [-0.25, -0.2) is 9.78 Å². The molecule has 0 unspecified atom stereocenters. The molecule has 0 saturated heterocycles. The summed E-state index contributed by atoms with van der Waals surface area (Å²) in [6, 6.07) is 25.2. The Labute approximate surface area is 252 Å². The molecule has 3 aromatic carbocycles. The molecule has 0 spiro atoms. The Hall–Kier alpha value is -4.70. The lowest BCUT2D eigenvalue weighted by atomic mass is 9.97. The summed E-state index contributed by atoms with van der Waals surface area (Å²) in [6.45, 7) is 4.09. The summed E-state index contributed by atoms with van der Waals surface area (Å²) in [5.41, 5.74) is 4.66. The lowest BCUT2D eigenvalue weighted by Gasteiger charge is -2.27. The minimum absolute atomic E-state index is 0.0790. The van der Waals surface area contributed by atoms with Crippen LogP contribution >= 0.6 is 0 Å². The molecule has 0 amide bonds. The Balaban J connectivity index is 1.48. The first-order chi connectivity index (χ1) is 20.9. The molecule has 5 rings (SSSR count). The van der Waals surface area contributed by atoms with Crippen molar-refractivity contribution in [2.75, 3.05) is 7.11 Å². The van der Waals surface area contributed by atoms with Crippen molar-refractivity contribution in [3.05, 3.63) is 111 Å². The third-order valence-electron chi connectivity index (χ3n) is 8.20. The van der Waals surface area contributed by atoms with E-state index < -0.39 is 5.60 Å². The van der Waals surface area contributed by atoms with Crippen molar-refractivity contribution in [2.24, 2.45) is 0 Å². The molecule has 43 heavy (non-hydrogen) atoms. The zero-order valence-corrected chi connectivity index (χ0v) is 25.1. The van der Waals surface area contributed by atoms with Gasteiger partial charge < -0.3 is 9.47 Å². The molecule has 220 valence electrons. The molecule has 1 aliphatic rings. The fraction of sp³-hybridized carbons (Fsp3) is 0.333. The summed E-state index contributed by atoms with van der Waals surface area (Å²) >= 11 is 0. The topological polar surface area (TPSA) is 94.2 Å². The molecule has 0 N–H and O–H groups in total. The number of methoxy groups -OCH3 is 1. The van der Waals surface area contributed by atoms with E-state index >= 15 is 0 Å². The molecule has 0 atom stereocenters. The first-order valence-electron chi connectivity index (χ1n) is 15.0. The van der Waals surface area contributed by atoms with E-state index in [2.05, 4.69) is 13.0 Å². The van der Waals surface area contributed by atoms with Gasteiger partial charge in [-0.05, 0) is 79.1 Å². The lowest BCUT2D eigenvalue weighted by Crippen LogP contribution is -2.42. The number of aromatic nitrogens is 2. The second-order valence-electron chi connectivity index (χ2n) is 11.0. The van der Waals surface area contributed by atoms with Gasteiger partial charge in [0, 0.05) is 18.4 Å². The van der Waals surface area contributed by atoms with Crippen LogP contribution in [-0.4, -0.2) is 28.2 Å². The molecule has 1 fully saturated rings. The van der Waals surface area contributed by atoms with E-state index in [-0.39, 0.29) is 11.5 Å². The van der Waals surface area contributed by atoms with Crippen molar-refractivity contribution in [1.29, 1.82) is 5.26 Å². The van der Waals surface area contributed by atoms with Crippen LogP contribution in [0.1, 0.15) is 74.2 Å². The summed E-state index contributed by atoms with van der Waals surface area (Å²) in [5.74, 6) is 0.924. The maximum atomic E-state index is 14.2. The number of benzene rings is 3. The van der Waals surface area contributed by atoms with E-state index in [1.807, 2.05) is 79.7 Å². The van der Waals surface area contributed by atoms with Crippen molar-refractivity contribution in [1.82, 2.24) is 9.55 Å². The average molecular weight is 576 g/mol. The zero-order chi connectivity index (χ0) is 30.4. The first-order valence-corrected chi connectivity index (χ1v) is 15.0. The quantitative estimate of drug-likeness (QED) is 0.194. The fourth-order valence-corrected chi connectivity index (χ4v) is 5.98. The maximum absolute atomic E-state index is 14.2. The minimum Gasteiger partial charge on any atom is -0.476 e. The molecule has 1 aliphatic carbocycles. The molecule has 0 aliphatic heterocycles. The number of nitriles is 1. The third kappa shape index (κ3) is 6.10. The number of hydrogen-bond donors (Lipinski definition) is 0. The summed E-state index contributed by atoms with van der Waals surface area (Å²) in [5, 5.41) is 9.51. The van der Waals surface area contributed by atoms with Gasteiger partial charge in [0.25, 0.3) is 5.56 Å². The van der Waals surface area contributed by atoms with Gasteiger partial charge in [0.2, 0.25) is 5.60 Å². The summed E-state index contributed by atoms with van der Waals surface area (Å²) < 4.78 is 13.0.